The summed E-state index contributed by atoms with van der Waals surface area (Å²) in [6, 6.07) is 7.97. The first-order valence-corrected chi connectivity index (χ1v) is 6.11. The minimum atomic E-state index is 0.663. The number of aromatic nitrogens is 2. The Morgan fingerprint density at radius 3 is 2.83 bits per heavy atom. The number of nitrogens with one attached hydrogen (secondary N) is 1. The first kappa shape index (κ1) is 11.2. The highest BCUT2D eigenvalue weighted by molar-refractivity contribution is 5.36. The summed E-state index contributed by atoms with van der Waals surface area (Å²) in [7, 11) is 0. The summed E-state index contributed by atoms with van der Waals surface area (Å²) >= 11 is 0. The van der Waals surface area contributed by atoms with E-state index < -0.39 is 0 Å². The van der Waals surface area contributed by atoms with E-state index in [9.17, 15) is 0 Å². The smallest absolute Gasteiger partial charge is 0.227 e. The van der Waals surface area contributed by atoms with Crippen LogP contribution in [0.25, 0.3) is 0 Å². The second-order valence-electron chi connectivity index (χ2n) is 4.45. The predicted molar refractivity (Wildman–Crippen MR) is 68.7 cm³/mol. The molecular formula is C14H15N3O. The van der Waals surface area contributed by atoms with Crippen LogP contribution in [0.3, 0.4) is 0 Å². The molecule has 0 radical (unpaired) electrons. The van der Waals surface area contributed by atoms with Crippen LogP contribution in [0.15, 0.2) is 30.6 Å². The third-order valence-corrected chi connectivity index (χ3v) is 3.07. The van der Waals surface area contributed by atoms with Gasteiger partial charge in [-0.1, -0.05) is 17.7 Å². The van der Waals surface area contributed by atoms with Gasteiger partial charge in [-0.3, -0.25) is 0 Å². The van der Waals surface area contributed by atoms with Crippen LogP contribution in [0.5, 0.6) is 11.6 Å². The Kier molecular flexibility index (Phi) is 2.94. The Labute approximate surface area is 106 Å². The first-order valence-electron chi connectivity index (χ1n) is 6.11. The van der Waals surface area contributed by atoms with E-state index in [4.69, 9.17) is 4.74 Å². The van der Waals surface area contributed by atoms with Crippen molar-refractivity contribution in [2.75, 3.05) is 6.54 Å². The number of aryl methyl sites for hydroxylation is 1. The summed E-state index contributed by atoms with van der Waals surface area (Å²) < 4.78 is 5.84. The Balaban J connectivity index is 1.90. The minimum Gasteiger partial charge on any atom is -0.439 e. The van der Waals surface area contributed by atoms with E-state index in [0.29, 0.717) is 5.88 Å². The molecule has 0 amide bonds. The molecule has 92 valence electrons. The number of fused-ring (bicyclic) bond motifs is 1. The number of hydrogen-bond acceptors (Lipinski definition) is 4. The van der Waals surface area contributed by atoms with Gasteiger partial charge in [0, 0.05) is 19.5 Å². The molecule has 2 heterocycles. The van der Waals surface area contributed by atoms with Crippen molar-refractivity contribution in [3.8, 4) is 11.6 Å². The van der Waals surface area contributed by atoms with Crippen LogP contribution < -0.4 is 10.1 Å². The second-order valence-corrected chi connectivity index (χ2v) is 4.45. The van der Waals surface area contributed by atoms with Crippen molar-refractivity contribution < 1.29 is 4.74 Å². The van der Waals surface area contributed by atoms with Gasteiger partial charge in [-0.05, 0) is 19.1 Å². The maximum absolute atomic E-state index is 5.84. The molecule has 1 aliphatic heterocycles. The average Bonchev–Trinajstić information content (AvgIpc) is 2.42. The molecule has 18 heavy (non-hydrogen) atoms. The normalized spacial score (nSPS) is 14.1. The number of benzene rings is 1. The fourth-order valence-electron chi connectivity index (χ4n) is 2.05. The van der Waals surface area contributed by atoms with Crippen LogP contribution in [0.4, 0.5) is 0 Å². The van der Waals surface area contributed by atoms with E-state index in [-0.39, 0.29) is 0 Å². The van der Waals surface area contributed by atoms with E-state index >= 15 is 0 Å². The van der Waals surface area contributed by atoms with Crippen LogP contribution in [-0.4, -0.2) is 16.5 Å². The lowest BCUT2D eigenvalue weighted by atomic mass is 10.1. The van der Waals surface area contributed by atoms with Gasteiger partial charge in [0.05, 0.1) is 11.3 Å². The van der Waals surface area contributed by atoms with Crippen LogP contribution in [0.1, 0.15) is 16.8 Å². The van der Waals surface area contributed by atoms with E-state index in [2.05, 4.69) is 22.2 Å². The Hall–Kier alpha value is -1.94. The molecule has 0 bridgehead atoms. The van der Waals surface area contributed by atoms with Crippen LogP contribution in [0.2, 0.25) is 0 Å². The van der Waals surface area contributed by atoms with Gasteiger partial charge in [-0.15, -0.1) is 0 Å². The molecule has 0 atom stereocenters. The molecule has 0 fully saturated rings. The maximum Gasteiger partial charge on any atom is 0.227 e. The predicted octanol–water partition coefficient (Wildman–Crippen LogP) is 2.22. The van der Waals surface area contributed by atoms with Crippen molar-refractivity contribution in [2.24, 2.45) is 0 Å². The van der Waals surface area contributed by atoms with Crippen molar-refractivity contribution in [3.05, 3.63) is 47.4 Å². The van der Waals surface area contributed by atoms with Gasteiger partial charge < -0.3 is 10.1 Å². The fraction of sp³-hybridized carbons (Fsp3) is 0.286. The summed E-state index contributed by atoms with van der Waals surface area (Å²) in [5.74, 6) is 1.48. The van der Waals surface area contributed by atoms with Crippen molar-refractivity contribution in [2.45, 2.75) is 19.9 Å². The quantitative estimate of drug-likeness (QED) is 0.875. The third-order valence-electron chi connectivity index (χ3n) is 3.07. The van der Waals surface area contributed by atoms with Gasteiger partial charge in [-0.25, -0.2) is 9.97 Å². The van der Waals surface area contributed by atoms with Crippen LogP contribution in [0, 0.1) is 6.92 Å². The van der Waals surface area contributed by atoms with Gasteiger partial charge in [-0.2, -0.15) is 0 Å². The highest BCUT2D eigenvalue weighted by atomic mass is 16.5. The van der Waals surface area contributed by atoms with Gasteiger partial charge in [0.2, 0.25) is 5.88 Å². The zero-order valence-corrected chi connectivity index (χ0v) is 10.3. The zero-order valence-electron chi connectivity index (χ0n) is 10.3. The molecule has 4 heteroatoms. The lowest BCUT2D eigenvalue weighted by Crippen LogP contribution is -2.25. The molecule has 4 nitrogen and oxygen atoms in total. The van der Waals surface area contributed by atoms with Crippen molar-refractivity contribution in [3.63, 3.8) is 0 Å². The third kappa shape index (κ3) is 2.19. The molecule has 1 aliphatic rings. The Morgan fingerprint density at radius 1 is 1.17 bits per heavy atom. The summed E-state index contributed by atoms with van der Waals surface area (Å²) in [5.41, 5.74) is 3.38. The van der Waals surface area contributed by atoms with E-state index in [1.165, 1.54) is 5.56 Å². The summed E-state index contributed by atoms with van der Waals surface area (Å²) in [4.78, 5) is 8.54. The molecule has 1 N–H and O–H groups in total. The summed E-state index contributed by atoms with van der Waals surface area (Å²) in [6.07, 6.45) is 2.51. The molecule has 0 spiro atoms. The van der Waals surface area contributed by atoms with E-state index in [0.717, 1.165) is 36.5 Å². The van der Waals surface area contributed by atoms with Crippen LogP contribution in [-0.2, 0) is 13.0 Å². The average molecular weight is 241 g/mol. The molecule has 1 aromatic carbocycles. The van der Waals surface area contributed by atoms with Crippen molar-refractivity contribution in [1.29, 1.82) is 0 Å². The Morgan fingerprint density at radius 2 is 2.00 bits per heavy atom. The molecular weight excluding hydrogens is 226 g/mol. The SMILES string of the molecule is Cc1ccc(Oc2ncnc3c2CNCC3)cc1. The summed E-state index contributed by atoms with van der Waals surface area (Å²) in [5, 5.41) is 3.32. The highest BCUT2D eigenvalue weighted by Crippen LogP contribution is 2.26. The van der Waals surface area contributed by atoms with Gasteiger partial charge in [0.15, 0.2) is 0 Å². The van der Waals surface area contributed by atoms with Crippen molar-refractivity contribution >= 4 is 0 Å². The zero-order chi connectivity index (χ0) is 12.4. The molecule has 0 saturated heterocycles. The highest BCUT2D eigenvalue weighted by Gasteiger charge is 2.16. The minimum absolute atomic E-state index is 0.663. The lowest BCUT2D eigenvalue weighted by molar-refractivity contribution is 0.444. The molecule has 0 saturated carbocycles. The standard InChI is InChI=1S/C14H15N3O/c1-10-2-4-11(5-3-10)18-14-12-8-15-7-6-13(12)16-9-17-14/h2-5,9,15H,6-8H2,1H3. The second kappa shape index (κ2) is 4.74. The molecule has 2 aromatic rings. The maximum atomic E-state index is 5.84. The number of ether oxygens (including phenoxy) is 1. The lowest BCUT2D eigenvalue weighted by Gasteiger charge is -2.18. The largest absolute Gasteiger partial charge is 0.439 e. The molecule has 1 aromatic heterocycles. The molecule has 0 aliphatic carbocycles. The summed E-state index contributed by atoms with van der Waals surface area (Å²) in [6.45, 7) is 3.80. The Bertz CT molecular complexity index is 551. The number of rotatable bonds is 2. The number of hydrogen-bond donors (Lipinski definition) is 1. The van der Waals surface area contributed by atoms with Gasteiger partial charge in [0.25, 0.3) is 0 Å². The molecule has 0 unspecified atom stereocenters. The van der Waals surface area contributed by atoms with E-state index in [1.807, 2.05) is 24.3 Å². The topological polar surface area (TPSA) is 47.0 Å². The van der Waals surface area contributed by atoms with Crippen molar-refractivity contribution in [1.82, 2.24) is 15.3 Å². The first-order chi connectivity index (χ1) is 8.83. The number of nitrogens with zero attached hydrogens (tertiary/aromatic N) is 2. The molecule has 3 rings (SSSR count). The van der Waals surface area contributed by atoms with Gasteiger partial charge in [0.1, 0.15) is 12.1 Å². The monoisotopic (exact) mass is 241 g/mol. The van der Waals surface area contributed by atoms with Crippen LogP contribution >= 0.6 is 0 Å². The van der Waals surface area contributed by atoms with E-state index in [1.54, 1.807) is 6.33 Å². The fourth-order valence-corrected chi connectivity index (χ4v) is 2.05. The van der Waals surface area contributed by atoms with Gasteiger partial charge >= 0.3 is 0 Å².